The molecule has 2 unspecified atom stereocenters. The van der Waals surface area contributed by atoms with Crippen molar-refractivity contribution >= 4 is 0 Å². The third-order valence-electron chi connectivity index (χ3n) is 4.34. The van der Waals surface area contributed by atoms with Crippen molar-refractivity contribution in [1.82, 2.24) is 24.4 Å². The van der Waals surface area contributed by atoms with Crippen molar-refractivity contribution in [2.45, 2.75) is 64.2 Å². The molecule has 114 valence electrons. The van der Waals surface area contributed by atoms with Crippen LogP contribution in [0.3, 0.4) is 0 Å². The number of aromatic nitrogens is 4. The molecule has 2 aromatic rings. The zero-order valence-corrected chi connectivity index (χ0v) is 12.8. The van der Waals surface area contributed by atoms with Crippen LogP contribution in [0.25, 0.3) is 0 Å². The molecule has 21 heavy (non-hydrogen) atoms. The van der Waals surface area contributed by atoms with E-state index in [-0.39, 0.29) is 0 Å². The highest BCUT2D eigenvalue weighted by Crippen LogP contribution is 2.25. The summed E-state index contributed by atoms with van der Waals surface area (Å²) in [5.74, 6) is 0. The van der Waals surface area contributed by atoms with Crippen LogP contribution in [-0.4, -0.2) is 25.1 Å². The molecule has 2 aromatic heterocycles. The van der Waals surface area contributed by atoms with Gasteiger partial charge in [-0.05, 0) is 39.0 Å². The molecule has 3 heterocycles. The van der Waals surface area contributed by atoms with Gasteiger partial charge >= 0.3 is 0 Å². The number of aryl methyl sites for hydroxylation is 2. The van der Waals surface area contributed by atoms with Crippen LogP contribution >= 0.6 is 0 Å². The first-order valence-electron chi connectivity index (χ1n) is 8.05. The summed E-state index contributed by atoms with van der Waals surface area (Å²) >= 11 is 0. The smallest absolute Gasteiger partial charge is 0.0948 e. The number of piperidine rings is 1. The summed E-state index contributed by atoms with van der Waals surface area (Å²) in [6.45, 7) is 4.37. The lowest BCUT2D eigenvalue weighted by Crippen LogP contribution is -2.35. The molecule has 0 bridgehead atoms. The van der Waals surface area contributed by atoms with Gasteiger partial charge in [-0.1, -0.05) is 0 Å². The molecule has 0 spiro atoms. The third-order valence-corrected chi connectivity index (χ3v) is 4.34. The van der Waals surface area contributed by atoms with Crippen LogP contribution in [-0.2, 0) is 13.1 Å². The molecule has 2 atom stereocenters. The fourth-order valence-corrected chi connectivity index (χ4v) is 3.18. The van der Waals surface area contributed by atoms with E-state index in [2.05, 4.69) is 31.3 Å². The average Bonchev–Trinajstić information content (AvgIpc) is 3.15. The number of hydrogen-bond acceptors (Lipinski definition) is 3. The molecule has 0 radical (unpaired) electrons. The highest BCUT2D eigenvalue weighted by Gasteiger charge is 2.21. The van der Waals surface area contributed by atoms with E-state index in [0.717, 1.165) is 13.1 Å². The van der Waals surface area contributed by atoms with Crippen molar-refractivity contribution in [1.29, 1.82) is 0 Å². The fraction of sp³-hybridized carbons (Fsp3) is 0.625. The molecule has 1 N–H and O–H groups in total. The molecular formula is C16H25N5. The van der Waals surface area contributed by atoms with Gasteiger partial charge in [0.15, 0.2) is 0 Å². The van der Waals surface area contributed by atoms with Crippen LogP contribution in [0.2, 0.25) is 0 Å². The van der Waals surface area contributed by atoms with E-state index in [1.54, 1.807) is 0 Å². The molecule has 5 nitrogen and oxygen atoms in total. The van der Waals surface area contributed by atoms with Gasteiger partial charge in [-0.2, -0.15) is 0 Å². The maximum Gasteiger partial charge on any atom is 0.0948 e. The van der Waals surface area contributed by atoms with Gasteiger partial charge < -0.3 is 14.5 Å². The van der Waals surface area contributed by atoms with Gasteiger partial charge in [0, 0.05) is 43.8 Å². The average molecular weight is 287 g/mol. The minimum absolute atomic E-state index is 0.477. The maximum atomic E-state index is 4.36. The van der Waals surface area contributed by atoms with Crippen molar-refractivity contribution in [3.8, 4) is 0 Å². The van der Waals surface area contributed by atoms with Gasteiger partial charge in [0.1, 0.15) is 0 Å². The van der Waals surface area contributed by atoms with E-state index in [1.807, 2.05) is 31.2 Å². The number of unbranched alkanes of at least 4 members (excludes halogenated alkanes) is 1. The molecule has 0 aromatic carbocycles. The van der Waals surface area contributed by atoms with E-state index >= 15 is 0 Å². The number of nitrogens with one attached hydrogen (secondary N) is 1. The second kappa shape index (κ2) is 6.89. The largest absolute Gasteiger partial charge is 0.337 e. The normalized spacial score (nSPS) is 22.5. The molecule has 3 rings (SSSR count). The number of hydrogen-bond donors (Lipinski definition) is 1. The van der Waals surface area contributed by atoms with Crippen molar-refractivity contribution in [2.24, 2.45) is 0 Å². The molecule has 0 aliphatic carbocycles. The lowest BCUT2D eigenvalue weighted by Gasteiger charge is -2.29. The Morgan fingerprint density at radius 1 is 1.19 bits per heavy atom. The van der Waals surface area contributed by atoms with Gasteiger partial charge in [0.2, 0.25) is 0 Å². The Balaban J connectivity index is 1.50. The van der Waals surface area contributed by atoms with Gasteiger partial charge in [0.25, 0.3) is 0 Å². The maximum absolute atomic E-state index is 4.36. The molecule has 1 saturated heterocycles. The summed E-state index contributed by atoms with van der Waals surface area (Å²) < 4.78 is 4.46. The Labute approximate surface area is 126 Å². The Hall–Kier alpha value is -1.62. The lowest BCUT2D eigenvalue weighted by molar-refractivity contribution is 0.328. The molecule has 0 amide bonds. The highest BCUT2D eigenvalue weighted by atomic mass is 15.1. The van der Waals surface area contributed by atoms with Crippen LogP contribution in [0.15, 0.2) is 31.2 Å². The number of rotatable bonds is 6. The predicted molar refractivity (Wildman–Crippen MR) is 82.9 cm³/mol. The summed E-state index contributed by atoms with van der Waals surface area (Å²) in [5, 5.41) is 3.70. The Bertz CT molecular complexity index is 531. The molecular weight excluding hydrogens is 262 g/mol. The van der Waals surface area contributed by atoms with E-state index in [0.29, 0.717) is 12.1 Å². The Morgan fingerprint density at radius 3 is 2.90 bits per heavy atom. The van der Waals surface area contributed by atoms with E-state index < -0.39 is 0 Å². The summed E-state index contributed by atoms with van der Waals surface area (Å²) in [4.78, 5) is 8.43. The van der Waals surface area contributed by atoms with Crippen LogP contribution in [0.1, 0.15) is 50.8 Å². The monoisotopic (exact) mass is 287 g/mol. The number of nitrogens with zero attached hydrogens (tertiary/aromatic N) is 4. The molecule has 5 heteroatoms. The molecule has 1 aliphatic rings. The summed E-state index contributed by atoms with van der Waals surface area (Å²) in [5.41, 5.74) is 1.35. The molecule has 0 saturated carbocycles. The SMILES string of the molecule is CC1CCCC(c2cncn2CCCCn2ccnc2)N1. The van der Waals surface area contributed by atoms with Gasteiger partial charge in [-0.3, -0.25) is 0 Å². The fourth-order valence-electron chi connectivity index (χ4n) is 3.18. The second-order valence-corrected chi connectivity index (χ2v) is 6.07. The topological polar surface area (TPSA) is 47.7 Å². The van der Waals surface area contributed by atoms with Crippen molar-refractivity contribution in [2.75, 3.05) is 0 Å². The Morgan fingerprint density at radius 2 is 2.10 bits per heavy atom. The van der Waals surface area contributed by atoms with E-state index in [1.165, 1.54) is 37.8 Å². The zero-order chi connectivity index (χ0) is 14.5. The minimum atomic E-state index is 0.477. The van der Waals surface area contributed by atoms with Crippen LogP contribution in [0, 0.1) is 0 Å². The highest BCUT2D eigenvalue weighted by molar-refractivity contribution is 5.07. The van der Waals surface area contributed by atoms with Gasteiger partial charge in [-0.25, -0.2) is 9.97 Å². The lowest BCUT2D eigenvalue weighted by atomic mass is 9.97. The predicted octanol–water partition coefficient (Wildman–Crippen LogP) is 2.76. The standard InChI is InChI=1S/C16H25N5/c1-14-5-4-6-15(19-14)16-11-18-13-21(16)9-3-2-8-20-10-7-17-12-20/h7,10-15,19H,2-6,8-9H2,1H3. The first-order valence-corrected chi connectivity index (χ1v) is 8.05. The Kier molecular flexibility index (Phi) is 4.70. The summed E-state index contributed by atoms with van der Waals surface area (Å²) in [7, 11) is 0. The quantitative estimate of drug-likeness (QED) is 0.831. The van der Waals surface area contributed by atoms with Crippen LogP contribution in [0.4, 0.5) is 0 Å². The molecule has 1 aliphatic heterocycles. The van der Waals surface area contributed by atoms with Crippen LogP contribution in [0.5, 0.6) is 0 Å². The zero-order valence-electron chi connectivity index (χ0n) is 12.8. The van der Waals surface area contributed by atoms with E-state index in [4.69, 9.17) is 0 Å². The first-order chi connectivity index (χ1) is 10.3. The summed E-state index contributed by atoms with van der Waals surface area (Å²) in [6.07, 6.45) is 15.9. The van der Waals surface area contributed by atoms with E-state index in [9.17, 15) is 0 Å². The van der Waals surface area contributed by atoms with Crippen molar-refractivity contribution in [3.05, 3.63) is 36.9 Å². The third kappa shape index (κ3) is 3.73. The van der Waals surface area contributed by atoms with Crippen molar-refractivity contribution in [3.63, 3.8) is 0 Å². The van der Waals surface area contributed by atoms with Crippen molar-refractivity contribution < 1.29 is 0 Å². The second-order valence-electron chi connectivity index (χ2n) is 6.07. The van der Waals surface area contributed by atoms with Crippen LogP contribution < -0.4 is 5.32 Å². The van der Waals surface area contributed by atoms with Gasteiger partial charge in [-0.15, -0.1) is 0 Å². The minimum Gasteiger partial charge on any atom is -0.337 e. The number of imidazole rings is 2. The van der Waals surface area contributed by atoms with Gasteiger partial charge in [0.05, 0.1) is 18.3 Å². The summed E-state index contributed by atoms with van der Waals surface area (Å²) in [6, 6.07) is 1.10. The molecule has 1 fully saturated rings. The first kappa shape index (κ1) is 14.3.